The summed E-state index contributed by atoms with van der Waals surface area (Å²) < 4.78 is 43.0. The van der Waals surface area contributed by atoms with E-state index in [1.165, 1.54) is 18.2 Å². The van der Waals surface area contributed by atoms with Crippen LogP contribution in [-0.2, 0) is 27.9 Å². The molecule has 12 heteroatoms. The van der Waals surface area contributed by atoms with Crippen LogP contribution in [0.5, 0.6) is 5.75 Å². The van der Waals surface area contributed by atoms with Gasteiger partial charge in [0.05, 0.1) is 30.1 Å². The van der Waals surface area contributed by atoms with Gasteiger partial charge in [-0.2, -0.15) is 13.7 Å². The summed E-state index contributed by atoms with van der Waals surface area (Å²) in [5.74, 6) is 0.237. The summed E-state index contributed by atoms with van der Waals surface area (Å²) >= 11 is 3.46. The van der Waals surface area contributed by atoms with Crippen LogP contribution in [-0.4, -0.2) is 60.0 Å². The van der Waals surface area contributed by atoms with Gasteiger partial charge in [0.2, 0.25) is 5.91 Å². The second-order valence-electron chi connectivity index (χ2n) is 8.90. The number of nitrogens with zero attached hydrogens (tertiary/aromatic N) is 4. The quantitative estimate of drug-likeness (QED) is 0.399. The van der Waals surface area contributed by atoms with E-state index in [-0.39, 0.29) is 36.4 Å². The van der Waals surface area contributed by atoms with Gasteiger partial charge in [-0.05, 0) is 54.8 Å². The van der Waals surface area contributed by atoms with Crippen LogP contribution in [0.2, 0.25) is 0 Å². The van der Waals surface area contributed by atoms with Crippen LogP contribution in [0.1, 0.15) is 34.3 Å². The SMILES string of the molecule is Cc1ncc(C(Cc2ccc(C#N)c(F)c2)N2CCN(Cc3cc(OS(C)(=O)=O)ccc3Br)C(=O)C2)[nH]1. The molecule has 1 aromatic heterocycles. The number of amides is 1. The molecule has 0 bridgehead atoms. The number of nitrogens with one attached hydrogen (secondary N) is 1. The van der Waals surface area contributed by atoms with E-state index >= 15 is 0 Å². The number of hydrogen-bond acceptors (Lipinski definition) is 7. The van der Waals surface area contributed by atoms with Crippen molar-refractivity contribution in [2.45, 2.75) is 25.9 Å². The Labute approximate surface area is 223 Å². The minimum Gasteiger partial charge on any atom is -0.383 e. The summed E-state index contributed by atoms with van der Waals surface area (Å²) in [4.78, 5) is 24.5. The number of aryl methyl sites for hydroxylation is 1. The summed E-state index contributed by atoms with van der Waals surface area (Å²) in [5.41, 5.74) is 2.22. The molecule has 2 heterocycles. The second-order valence-corrected chi connectivity index (χ2v) is 11.3. The van der Waals surface area contributed by atoms with Gasteiger partial charge in [-0.1, -0.05) is 22.0 Å². The van der Waals surface area contributed by atoms with Crippen LogP contribution < -0.4 is 4.18 Å². The average Bonchev–Trinajstić information content (AvgIpc) is 3.26. The fourth-order valence-corrected chi connectivity index (χ4v) is 5.13. The number of rotatable bonds is 8. The highest BCUT2D eigenvalue weighted by atomic mass is 79.9. The van der Waals surface area contributed by atoms with Crippen LogP contribution in [0.15, 0.2) is 47.1 Å². The number of aromatic amines is 1. The molecule has 3 aromatic rings. The summed E-state index contributed by atoms with van der Waals surface area (Å²) in [6, 6.07) is 10.9. The molecule has 0 radical (unpaired) electrons. The molecule has 1 unspecified atom stereocenters. The molecule has 1 N–H and O–H groups in total. The number of nitriles is 1. The molecular formula is C25H25BrFN5O4S. The Hall–Kier alpha value is -3.27. The van der Waals surface area contributed by atoms with E-state index in [1.807, 2.05) is 17.9 Å². The van der Waals surface area contributed by atoms with Gasteiger partial charge in [0.1, 0.15) is 23.5 Å². The summed E-state index contributed by atoms with van der Waals surface area (Å²) in [5, 5.41) is 9.03. The Kier molecular flexibility index (Phi) is 7.96. The van der Waals surface area contributed by atoms with Crippen molar-refractivity contribution < 1.29 is 21.8 Å². The van der Waals surface area contributed by atoms with Gasteiger partial charge < -0.3 is 14.1 Å². The average molecular weight is 590 g/mol. The number of aromatic nitrogens is 2. The Morgan fingerprint density at radius 2 is 2.05 bits per heavy atom. The van der Waals surface area contributed by atoms with Gasteiger partial charge in [-0.3, -0.25) is 9.69 Å². The first kappa shape index (κ1) is 26.8. The summed E-state index contributed by atoms with van der Waals surface area (Å²) in [6.45, 7) is 3.25. The third-order valence-electron chi connectivity index (χ3n) is 6.08. The molecule has 9 nitrogen and oxygen atoms in total. The van der Waals surface area contributed by atoms with Crippen molar-refractivity contribution in [3.05, 3.63) is 81.1 Å². The lowest BCUT2D eigenvalue weighted by atomic mass is 10.00. The zero-order valence-corrected chi connectivity index (χ0v) is 22.6. The van der Waals surface area contributed by atoms with E-state index in [9.17, 15) is 17.6 Å². The predicted octanol–water partition coefficient (Wildman–Crippen LogP) is 3.46. The second kappa shape index (κ2) is 11.0. The van der Waals surface area contributed by atoms with Crippen molar-refractivity contribution in [1.82, 2.24) is 19.8 Å². The minimum absolute atomic E-state index is 0.0151. The van der Waals surface area contributed by atoms with Crippen molar-refractivity contribution in [2.24, 2.45) is 0 Å². The molecule has 37 heavy (non-hydrogen) atoms. The number of carbonyl (C=O) groups excluding carboxylic acids is 1. The number of piperazine rings is 1. The lowest BCUT2D eigenvalue weighted by Gasteiger charge is -2.38. The molecule has 194 valence electrons. The van der Waals surface area contributed by atoms with Crippen molar-refractivity contribution in [3.63, 3.8) is 0 Å². The standard InChI is InChI=1S/C25H25BrFN5O4S/c1-16-29-13-23(30-16)24(10-17-3-4-18(12-28)22(27)9-17)31-7-8-32(25(33)15-31)14-19-11-20(5-6-21(19)26)36-37(2,34)35/h3-6,9,11,13,24H,7-8,10,14-15H2,1-2H3,(H,29,30). The fourth-order valence-electron chi connectivity index (χ4n) is 4.31. The summed E-state index contributed by atoms with van der Waals surface area (Å²) in [6.07, 6.45) is 3.12. The van der Waals surface area contributed by atoms with Crippen molar-refractivity contribution in [3.8, 4) is 11.8 Å². The molecule has 1 saturated heterocycles. The molecule has 4 rings (SSSR count). The van der Waals surface area contributed by atoms with E-state index in [0.29, 0.717) is 25.1 Å². The number of H-pyrrole nitrogens is 1. The first-order chi connectivity index (χ1) is 17.5. The minimum atomic E-state index is -3.67. The fraction of sp³-hybridized carbons (Fsp3) is 0.320. The molecule has 1 aliphatic heterocycles. The van der Waals surface area contributed by atoms with Crippen LogP contribution in [0.3, 0.4) is 0 Å². The van der Waals surface area contributed by atoms with Gasteiger partial charge in [0.25, 0.3) is 0 Å². The predicted molar refractivity (Wildman–Crippen MR) is 137 cm³/mol. The third-order valence-corrected chi connectivity index (χ3v) is 7.35. The lowest BCUT2D eigenvalue weighted by molar-refractivity contribution is -0.137. The van der Waals surface area contributed by atoms with Gasteiger partial charge in [0.15, 0.2) is 0 Å². The molecule has 0 saturated carbocycles. The Bertz CT molecular complexity index is 1470. The monoisotopic (exact) mass is 589 g/mol. The smallest absolute Gasteiger partial charge is 0.306 e. The van der Waals surface area contributed by atoms with Crippen LogP contribution in [0.4, 0.5) is 4.39 Å². The molecular weight excluding hydrogens is 565 g/mol. The van der Waals surface area contributed by atoms with Gasteiger partial charge in [0, 0.05) is 30.3 Å². The third kappa shape index (κ3) is 6.74. The first-order valence-electron chi connectivity index (χ1n) is 11.4. The van der Waals surface area contributed by atoms with Crippen molar-refractivity contribution >= 4 is 32.0 Å². The highest BCUT2D eigenvalue weighted by Crippen LogP contribution is 2.29. The number of hydrogen-bond donors (Lipinski definition) is 1. The molecule has 1 amide bonds. The molecule has 1 atom stereocenters. The zero-order chi connectivity index (χ0) is 26.7. The van der Waals surface area contributed by atoms with Crippen molar-refractivity contribution in [2.75, 3.05) is 25.9 Å². The Morgan fingerprint density at radius 3 is 2.68 bits per heavy atom. The molecule has 1 aliphatic rings. The first-order valence-corrected chi connectivity index (χ1v) is 14.0. The van der Waals surface area contributed by atoms with E-state index < -0.39 is 15.9 Å². The van der Waals surface area contributed by atoms with E-state index in [1.54, 1.807) is 29.3 Å². The maximum absolute atomic E-state index is 14.3. The van der Waals surface area contributed by atoms with Crippen LogP contribution in [0, 0.1) is 24.1 Å². The van der Waals surface area contributed by atoms with Gasteiger partial charge in [-0.25, -0.2) is 9.37 Å². The normalized spacial score (nSPS) is 15.4. The van der Waals surface area contributed by atoms with Gasteiger partial charge in [-0.15, -0.1) is 0 Å². The number of carbonyl (C=O) groups is 1. The molecule has 1 fully saturated rings. The summed E-state index contributed by atoms with van der Waals surface area (Å²) in [7, 11) is -3.67. The van der Waals surface area contributed by atoms with E-state index in [0.717, 1.165) is 27.8 Å². The largest absolute Gasteiger partial charge is 0.383 e. The topological polar surface area (TPSA) is 119 Å². The number of benzene rings is 2. The zero-order valence-electron chi connectivity index (χ0n) is 20.2. The Morgan fingerprint density at radius 1 is 1.27 bits per heavy atom. The van der Waals surface area contributed by atoms with Crippen LogP contribution in [0.25, 0.3) is 0 Å². The maximum atomic E-state index is 14.3. The maximum Gasteiger partial charge on any atom is 0.306 e. The molecule has 2 aromatic carbocycles. The Balaban J connectivity index is 1.51. The highest BCUT2D eigenvalue weighted by Gasteiger charge is 2.31. The van der Waals surface area contributed by atoms with Crippen molar-refractivity contribution in [1.29, 1.82) is 5.26 Å². The van der Waals surface area contributed by atoms with E-state index in [2.05, 4.69) is 25.9 Å². The van der Waals surface area contributed by atoms with Gasteiger partial charge >= 0.3 is 10.1 Å². The lowest BCUT2D eigenvalue weighted by Crippen LogP contribution is -2.51. The number of halogens is 2. The highest BCUT2D eigenvalue weighted by molar-refractivity contribution is 9.10. The van der Waals surface area contributed by atoms with Crippen LogP contribution >= 0.6 is 15.9 Å². The number of imidazole rings is 1. The molecule has 0 spiro atoms. The molecule has 0 aliphatic carbocycles. The van der Waals surface area contributed by atoms with E-state index in [4.69, 9.17) is 9.44 Å².